The Morgan fingerprint density at radius 2 is 2.00 bits per heavy atom. The van der Waals surface area contributed by atoms with Crippen LogP contribution in [0.25, 0.3) is 0 Å². The van der Waals surface area contributed by atoms with Gasteiger partial charge in [-0.1, -0.05) is 37.3 Å². The maximum absolute atomic E-state index is 12.5. The molecular weight excluding hydrogens is 252 g/mol. The van der Waals surface area contributed by atoms with Gasteiger partial charge in [0.05, 0.1) is 12.6 Å². The van der Waals surface area contributed by atoms with Crippen molar-refractivity contribution in [1.82, 2.24) is 4.90 Å². The van der Waals surface area contributed by atoms with E-state index in [4.69, 9.17) is 10.5 Å². The number of benzene rings is 1. The lowest BCUT2D eigenvalue weighted by Crippen LogP contribution is -2.49. The van der Waals surface area contributed by atoms with Crippen molar-refractivity contribution < 1.29 is 9.53 Å². The molecule has 0 saturated carbocycles. The fraction of sp³-hybridized carbons (Fsp3) is 0.562. The predicted molar refractivity (Wildman–Crippen MR) is 81.5 cm³/mol. The summed E-state index contributed by atoms with van der Waals surface area (Å²) in [6, 6.07) is 9.56. The smallest absolute Gasteiger partial charge is 0.240 e. The van der Waals surface area contributed by atoms with Gasteiger partial charge in [0.2, 0.25) is 5.91 Å². The van der Waals surface area contributed by atoms with E-state index in [2.05, 4.69) is 6.92 Å². The number of carbonyl (C=O) groups is 1. The first kappa shape index (κ1) is 16.7. The third-order valence-electron chi connectivity index (χ3n) is 3.56. The molecule has 20 heavy (non-hydrogen) atoms. The summed E-state index contributed by atoms with van der Waals surface area (Å²) in [4.78, 5) is 14.3. The van der Waals surface area contributed by atoms with Crippen LogP contribution < -0.4 is 5.73 Å². The van der Waals surface area contributed by atoms with E-state index in [1.807, 2.05) is 42.2 Å². The van der Waals surface area contributed by atoms with Crippen molar-refractivity contribution in [2.75, 3.05) is 20.3 Å². The lowest BCUT2D eigenvalue weighted by molar-refractivity contribution is -0.135. The van der Waals surface area contributed by atoms with Gasteiger partial charge in [-0.15, -0.1) is 0 Å². The van der Waals surface area contributed by atoms with Crippen LogP contribution in [0.4, 0.5) is 0 Å². The summed E-state index contributed by atoms with van der Waals surface area (Å²) in [6.45, 7) is 5.24. The standard InChI is InChI=1S/C16H26N2O2/c1-4-13(2)18(10-11-20-3)16(19)15(17)12-14-8-6-5-7-9-14/h5-9,13,15H,4,10-12,17H2,1-3H3/t13?,15-/m0/s1. The van der Waals surface area contributed by atoms with Gasteiger partial charge in [0.1, 0.15) is 0 Å². The van der Waals surface area contributed by atoms with Crippen molar-refractivity contribution >= 4 is 5.91 Å². The molecule has 2 N–H and O–H groups in total. The van der Waals surface area contributed by atoms with Crippen LogP contribution in [0, 0.1) is 0 Å². The van der Waals surface area contributed by atoms with Gasteiger partial charge in [0.25, 0.3) is 0 Å². The Bertz CT molecular complexity index is 395. The maximum Gasteiger partial charge on any atom is 0.240 e. The van der Waals surface area contributed by atoms with E-state index >= 15 is 0 Å². The van der Waals surface area contributed by atoms with Crippen LogP contribution in [0.2, 0.25) is 0 Å². The second kappa shape index (κ2) is 8.72. The Kier molecular flexibility index (Phi) is 7.26. The van der Waals surface area contributed by atoms with Crippen molar-refractivity contribution in [3.8, 4) is 0 Å². The van der Waals surface area contributed by atoms with Crippen LogP contribution in [-0.4, -0.2) is 43.2 Å². The second-order valence-corrected chi connectivity index (χ2v) is 5.08. The summed E-state index contributed by atoms with van der Waals surface area (Å²) in [6.07, 6.45) is 1.48. The quantitative estimate of drug-likeness (QED) is 0.789. The second-order valence-electron chi connectivity index (χ2n) is 5.08. The summed E-state index contributed by atoms with van der Waals surface area (Å²) in [5.74, 6) is 0.000234. The molecule has 0 heterocycles. The number of hydrogen-bond acceptors (Lipinski definition) is 3. The third kappa shape index (κ3) is 4.94. The molecule has 0 aliphatic carbocycles. The number of nitrogens with zero attached hydrogens (tertiary/aromatic N) is 1. The summed E-state index contributed by atoms with van der Waals surface area (Å²) in [5.41, 5.74) is 7.17. The normalized spacial score (nSPS) is 13.8. The zero-order valence-corrected chi connectivity index (χ0v) is 12.7. The average Bonchev–Trinajstić information content (AvgIpc) is 2.48. The summed E-state index contributed by atoms with van der Waals surface area (Å²) < 4.78 is 5.08. The molecule has 0 radical (unpaired) electrons. The Morgan fingerprint density at radius 3 is 2.55 bits per heavy atom. The molecule has 0 aliphatic rings. The fourth-order valence-electron chi connectivity index (χ4n) is 2.13. The first-order valence-corrected chi connectivity index (χ1v) is 7.19. The number of carbonyl (C=O) groups excluding carboxylic acids is 1. The van der Waals surface area contributed by atoms with E-state index in [0.29, 0.717) is 19.6 Å². The van der Waals surface area contributed by atoms with Gasteiger partial charge in [0.15, 0.2) is 0 Å². The Hall–Kier alpha value is -1.39. The van der Waals surface area contributed by atoms with Crippen LogP contribution in [0.3, 0.4) is 0 Å². The minimum atomic E-state index is -0.497. The molecule has 1 rings (SSSR count). The lowest BCUT2D eigenvalue weighted by atomic mass is 10.0. The zero-order valence-electron chi connectivity index (χ0n) is 12.7. The van der Waals surface area contributed by atoms with Gasteiger partial charge >= 0.3 is 0 Å². The van der Waals surface area contributed by atoms with Gasteiger partial charge in [-0.2, -0.15) is 0 Å². The Labute approximate surface area is 121 Å². The van der Waals surface area contributed by atoms with E-state index in [-0.39, 0.29) is 11.9 Å². The van der Waals surface area contributed by atoms with E-state index in [9.17, 15) is 4.79 Å². The molecule has 0 bridgehead atoms. The molecule has 112 valence electrons. The molecule has 0 fully saturated rings. The first-order chi connectivity index (χ1) is 9.60. The molecule has 0 spiro atoms. The number of methoxy groups -OCH3 is 1. The van der Waals surface area contributed by atoms with E-state index < -0.39 is 6.04 Å². The zero-order chi connectivity index (χ0) is 15.0. The molecule has 4 heteroatoms. The third-order valence-corrected chi connectivity index (χ3v) is 3.56. The Balaban J connectivity index is 2.67. The van der Waals surface area contributed by atoms with Crippen molar-refractivity contribution in [2.45, 2.75) is 38.8 Å². The van der Waals surface area contributed by atoms with Crippen molar-refractivity contribution in [1.29, 1.82) is 0 Å². The van der Waals surface area contributed by atoms with E-state index in [1.54, 1.807) is 7.11 Å². The van der Waals surface area contributed by atoms with Crippen molar-refractivity contribution in [2.24, 2.45) is 5.73 Å². The monoisotopic (exact) mass is 278 g/mol. The number of hydrogen-bond donors (Lipinski definition) is 1. The van der Waals surface area contributed by atoms with Gasteiger partial charge < -0.3 is 15.4 Å². The van der Waals surface area contributed by atoms with Crippen LogP contribution in [0.15, 0.2) is 30.3 Å². The van der Waals surface area contributed by atoms with Crippen LogP contribution in [0.5, 0.6) is 0 Å². The van der Waals surface area contributed by atoms with Crippen molar-refractivity contribution in [3.05, 3.63) is 35.9 Å². The molecule has 4 nitrogen and oxygen atoms in total. The number of amides is 1. The topological polar surface area (TPSA) is 55.6 Å². The first-order valence-electron chi connectivity index (χ1n) is 7.19. The highest BCUT2D eigenvalue weighted by molar-refractivity contribution is 5.82. The van der Waals surface area contributed by atoms with Gasteiger partial charge in [0, 0.05) is 19.7 Å². The number of nitrogens with two attached hydrogens (primary N) is 1. The molecule has 0 aromatic heterocycles. The van der Waals surface area contributed by atoms with E-state index in [1.165, 1.54) is 0 Å². The van der Waals surface area contributed by atoms with Gasteiger partial charge in [-0.25, -0.2) is 0 Å². The molecule has 2 atom stereocenters. The minimum Gasteiger partial charge on any atom is -0.383 e. The largest absolute Gasteiger partial charge is 0.383 e. The molecule has 0 aliphatic heterocycles. The summed E-state index contributed by atoms with van der Waals surface area (Å²) >= 11 is 0. The predicted octanol–water partition coefficient (Wildman–Crippen LogP) is 1.83. The van der Waals surface area contributed by atoms with Gasteiger partial charge in [-0.05, 0) is 25.3 Å². The van der Waals surface area contributed by atoms with Crippen LogP contribution in [-0.2, 0) is 16.0 Å². The molecule has 1 amide bonds. The van der Waals surface area contributed by atoms with Crippen molar-refractivity contribution in [3.63, 3.8) is 0 Å². The highest BCUT2D eigenvalue weighted by Gasteiger charge is 2.24. The lowest BCUT2D eigenvalue weighted by Gasteiger charge is -2.30. The fourth-order valence-corrected chi connectivity index (χ4v) is 2.13. The average molecular weight is 278 g/mol. The summed E-state index contributed by atoms with van der Waals surface area (Å²) in [7, 11) is 1.64. The number of ether oxygens (including phenoxy) is 1. The van der Waals surface area contributed by atoms with Crippen LogP contribution in [0.1, 0.15) is 25.8 Å². The van der Waals surface area contributed by atoms with E-state index in [0.717, 1.165) is 12.0 Å². The highest BCUT2D eigenvalue weighted by Crippen LogP contribution is 2.09. The number of rotatable bonds is 8. The summed E-state index contributed by atoms with van der Waals surface area (Å²) in [5, 5.41) is 0. The minimum absolute atomic E-state index is 0.000234. The SMILES string of the molecule is CCC(C)N(CCOC)C(=O)[C@@H](N)Cc1ccccc1. The van der Waals surface area contributed by atoms with Gasteiger partial charge in [-0.3, -0.25) is 4.79 Å². The molecule has 1 aromatic rings. The van der Waals surface area contributed by atoms with Crippen LogP contribution >= 0.6 is 0 Å². The molecule has 1 aromatic carbocycles. The molecule has 0 saturated heterocycles. The Morgan fingerprint density at radius 1 is 1.35 bits per heavy atom. The highest BCUT2D eigenvalue weighted by atomic mass is 16.5. The maximum atomic E-state index is 12.5. The molecular formula is C16H26N2O2. The molecule has 1 unspecified atom stereocenters.